The molecule has 2 fully saturated rings. The third-order valence-electron chi connectivity index (χ3n) is 4.87. The van der Waals surface area contributed by atoms with Gasteiger partial charge in [0.2, 0.25) is 5.78 Å². The molecule has 3 heterocycles. The number of piperidine rings is 1. The highest BCUT2D eigenvalue weighted by Crippen LogP contribution is 2.38. The lowest BCUT2D eigenvalue weighted by Crippen LogP contribution is -2.42. The number of aromatic nitrogens is 2. The number of hydrogen-bond donors (Lipinski definition) is 0. The van der Waals surface area contributed by atoms with Gasteiger partial charge in [-0.05, 0) is 39.2 Å². The van der Waals surface area contributed by atoms with Gasteiger partial charge in [-0.2, -0.15) is 0 Å². The Kier molecular flexibility index (Phi) is 3.44. The van der Waals surface area contributed by atoms with Crippen molar-refractivity contribution in [3.8, 4) is 0 Å². The van der Waals surface area contributed by atoms with E-state index in [9.17, 15) is 4.79 Å². The number of ketones is 1. The number of nitrogens with zero attached hydrogens (tertiary/aromatic N) is 3. The van der Waals surface area contributed by atoms with Crippen LogP contribution in [0.5, 0.6) is 0 Å². The summed E-state index contributed by atoms with van der Waals surface area (Å²) in [7, 11) is 2.21. The van der Waals surface area contributed by atoms with Gasteiger partial charge in [0.05, 0.1) is 0 Å². The third-order valence-corrected chi connectivity index (χ3v) is 4.87. The van der Waals surface area contributed by atoms with Gasteiger partial charge in [-0.3, -0.25) is 4.79 Å². The standard InChI is InChI=1S/C15H23N3O/c1-3-7-18-8-6-16-15(18)14(19)11-9-12-4-5-13(10-11)17(12)2/h6,8,11-13H,3-5,7,9-10H2,1-2H3. The number of carbonyl (C=O) groups is 1. The molecule has 0 amide bonds. The Hall–Kier alpha value is -1.16. The molecule has 0 radical (unpaired) electrons. The second-order valence-corrected chi connectivity index (χ2v) is 6.03. The molecule has 1 aromatic heterocycles. The fourth-order valence-electron chi connectivity index (χ4n) is 3.76. The van der Waals surface area contributed by atoms with Gasteiger partial charge in [0.1, 0.15) is 0 Å². The fraction of sp³-hybridized carbons (Fsp3) is 0.733. The summed E-state index contributed by atoms with van der Waals surface area (Å²) in [5.74, 6) is 1.13. The molecule has 2 unspecified atom stereocenters. The predicted octanol–water partition coefficient (Wildman–Crippen LogP) is 2.35. The highest BCUT2D eigenvalue weighted by molar-refractivity contribution is 5.94. The van der Waals surface area contributed by atoms with Gasteiger partial charge in [0.15, 0.2) is 5.82 Å². The molecule has 2 saturated heterocycles. The second-order valence-electron chi connectivity index (χ2n) is 6.03. The minimum absolute atomic E-state index is 0.187. The van der Waals surface area contributed by atoms with Crippen molar-refractivity contribution in [2.45, 2.75) is 57.7 Å². The first-order valence-electron chi connectivity index (χ1n) is 7.48. The molecular formula is C15H23N3O. The molecule has 4 nitrogen and oxygen atoms in total. The highest BCUT2D eigenvalue weighted by Gasteiger charge is 2.41. The number of carbonyl (C=O) groups excluding carboxylic acids is 1. The van der Waals surface area contributed by atoms with Gasteiger partial charge in [-0.1, -0.05) is 6.92 Å². The maximum Gasteiger partial charge on any atom is 0.201 e. The first-order valence-corrected chi connectivity index (χ1v) is 7.48. The quantitative estimate of drug-likeness (QED) is 0.781. The monoisotopic (exact) mass is 261 g/mol. The molecule has 2 atom stereocenters. The maximum atomic E-state index is 12.7. The van der Waals surface area contributed by atoms with Crippen molar-refractivity contribution in [3.05, 3.63) is 18.2 Å². The summed E-state index contributed by atoms with van der Waals surface area (Å²) in [6.07, 6.45) is 9.28. The van der Waals surface area contributed by atoms with Crippen LogP contribution in [0.25, 0.3) is 0 Å². The number of Topliss-reactive ketones (excluding diaryl/α,β-unsaturated/α-hetero) is 1. The molecule has 19 heavy (non-hydrogen) atoms. The number of imidazole rings is 1. The number of rotatable bonds is 4. The van der Waals surface area contributed by atoms with Crippen LogP contribution in [0, 0.1) is 5.92 Å². The summed E-state index contributed by atoms with van der Waals surface area (Å²) in [5.41, 5.74) is 0. The van der Waals surface area contributed by atoms with Crippen LogP contribution in [-0.2, 0) is 6.54 Å². The van der Waals surface area contributed by atoms with Crippen molar-refractivity contribution < 1.29 is 4.79 Å². The number of aryl methyl sites for hydroxylation is 1. The van der Waals surface area contributed by atoms with Crippen molar-refractivity contribution in [2.75, 3.05) is 7.05 Å². The zero-order valence-electron chi connectivity index (χ0n) is 11.9. The highest BCUT2D eigenvalue weighted by atomic mass is 16.1. The fourth-order valence-corrected chi connectivity index (χ4v) is 3.76. The molecule has 0 N–H and O–H groups in total. The zero-order chi connectivity index (χ0) is 13.4. The van der Waals surface area contributed by atoms with Crippen LogP contribution in [0.3, 0.4) is 0 Å². The Morgan fingerprint density at radius 2 is 2.05 bits per heavy atom. The summed E-state index contributed by atoms with van der Waals surface area (Å²) in [6, 6.07) is 1.23. The van der Waals surface area contributed by atoms with E-state index in [-0.39, 0.29) is 11.7 Å². The van der Waals surface area contributed by atoms with Crippen LogP contribution in [0.4, 0.5) is 0 Å². The van der Waals surface area contributed by atoms with E-state index >= 15 is 0 Å². The topological polar surface area (TPSA) is 38.1 Å². The van der Waals surface area contributed by atoms with E-state index in [1.165, 1.54) is 12.8 Å². The van der Waals surface area contributed by atoms with Crippen LogP contribution in [-0.4, -0.2) is 39.4 Å². The smallest absolute Gasteiger partial charge is 0.201 e. The van der Waals surface area contributed by atoms with Crippen LogP contribution < -0.4 is 0 Å². The largest absolute Gasteiger partial charge is 0.329 e. The van der Waals surface area contributed by atoms with Crippen molar-refractivity contribution in [3.63, 3.8) is 0 Å². The molecule has 0 aromatic carbocycles. The Morgan fingerprint density at radius 3 is 2.68 bits per heavy atom. The van der Waals surface area contributed by atoms with Gasteiger partial charge in [0, 0.05) is 36.9 Å². The van der Waals surface area contributed by atoms with E-state index < -0.39 is 0 Å². The average Bonchev–Trinajstić information content (AvgIpc) is 2.91. The van der Waals surface area contributed by atoms with E-state index in [0.717, 1.165) is 25.8 Å². The van der Waals surface area contributed by atoms with Crippen molar-refractivity contribution >= 4 is 5.78 Å². The predicted molar refractivity (Wildman–Crippen MR) is 74.1 cm³/mol. The van der Waals surface area contributed by atoms with Crippen LogP contribution in [0.2, 0.25) is 0 Å². The zero-order valence-corrected chi connectivity index (χ0v) is 11.9. The molecule has 0 aliphatic carbocycles. The van der Waals surface area contributed by atoms with Gasteiger partial charge in [-0.25, -0.2) is 4.98 Å². The van der Waals surface area contributed by atoms with E-state index in [1.807, 2.05) is 10.8 Å². The van der Waals surface area contributed by atoms with E-state index in [0.29, 0.717) is 17.9 Å². The minimum Gasteiger partial charge on any atom is -0.329 e. The molecule has 0 saturated carbocycles. The summed E-state index contributed by atoms with van der Waals surface area (Å²) in [4.78, 5) is 19.5. The summed E-state index contributed by atoms with van der Waals surface area (Å²) >= 11 is 0. The van der Waals surface area contributed by atoms with Crippen molar-refractivity contribution in [1.82, 2.24) is 14.5 Å². The van der Waals surface area contributed by atoms with Gasteiger partial charge in [0.25, 0.3) is 0 Å². The Balaban J connectivity index is 1.76. The summed E-state index contributed by atoms with van der Waals surface area (Å²) in [6.45, 7) is 3.02. The molecule has 104 valence electrons. The Morgan fingerprint density at radius 1 is 1.37 bits per heavy atom. The lowest BCUT2D eigenvalue weighted by Gasteiger charge is -2.35. The number of hydrogen-bond acceptors (Lipinski definition) is 3. The van der Waals surface area contributed by atoms with E-state index in [4.69, 9.17) is 0 Å². The lowest BCUT2D eigenvalue weighted by molar-refractivity contribution is 0.0752. The van der Waals surface area contributed by atoms with E-state index in [1.54, 1.807) is 6.20 Å². The van der Waals surface area contributed by atoms with Crippen molar-refractivity contribution in [2.24, 2.45) is 5.92 Å². The summed E-state index contributed by atoms with van der Waals surface area (Å²) in [5, 5.41) is 0. The molecule has 3 rings (SSSR count). The van der Waals surface area contributed by atoms with Crippen molar-refractivity contribution in [1.29, 1.82) is 0 Å². The first kappa shape index (κ1) is 12.9. The second kappa shape index (κ2) is 5.08. The Bertz CT molecular complexity index is 454. The van der Waals surface area contributed by atoms with Crippen LogP contribution in [0.15, 0.2) is 12.4 Å². The normalized spacial score (nSPS) is 30.7. The molecule has 2 aliphatic rings. The minimum atomic E-state index is 0.187. The first-order chi connectivity index (χ1) is 9.20. The molecule has 4 heteroatoms. The van der Waals surface area contributed by atoms with Crippen LogP contribution >= 0.6 is 0 Å². The van der Waals surface area contributed by atoms with Gasteiger partial charge in [-0.15, -0.1) is 0 Å². The maximum absolute atomic E-state index is 12.7. The Labute approximate surface area is 114 Å². The molecule has 2 aliphatic heterocycles. The lowest BCUT2D eigenvalue weighted by atomic mass is 9.87. The van der Waals surface area contributed by atoms with E-state index in [2.05, 4.69) is 23.9 Å². The van der Waals surface area contributed by atoms with Crippen LogP contribution in [0.1, 0.15) is 49.6 Å². The molecule has 1 aromatic rings. The number of fused-ring (bicyclic) bond motifs is 2. The SMILES string of the molecule is CCCn1ccnc1C(=O)C1CC2CCC(C1)N2C. The van der Waals surface area contributed by atoms with Gasteiger partial charge >= 0.3 is 0 Å². The van der Waals surface area contributed by atoms with Gasteiger partial charge < -0.3 is 9.47 Å². The third kappa shape index (κ3) is 2.22. The average molecular weight is 261 g/mol. The molecular weight excluding hydrogens is 238 g/mol. The molecule has 0 spiro atoms. The molecule has 2 bridgehead atoms. The summed E-state index contributed by atoms with van der Waals surface area (Å²) < 4.78 is 2.02.